The number of rotatable bonds is 8. The van der Waals surface area contributed by atoms with Gasteiger partial charge in [-0.1, -0.05) is 25.3 Å². The van der Waals surface area contributed by atoms with Crippen LogP contribution in [0.4, 0.5) is 0 Å². The summed E-state index contributed by atoms with van der Waals surface area (Å²) in [5.41, 5.74) is 3.82. The van der Waals surface area contributed by atoms with Crippen molar-refractivity contribution in [3.05, 3.63) is 88.4 Å². The molecule has 7 nitrogen and oxygen atoms in total. The van der Waals surface area contributed by atoms with Gasteiger partial charge in [0, 0.05) is 23.1 Å². The number of carbonyl (C=O) groups is 1. The van der Waals surface area contributed by atoms with E-state index in [1.165, 1.54) is 19.3 Å². The topological polar surface area (TPSA) is 86.5 Å². The first-order valence-electron chi connectivity index (χ1n) is 13.2. The molecule has 1 saturated carbocycles. The van der Waals surface area contributed by atoms with Crippen molar-refractivity contribution in [2.24, 2.45) is 0 Å². The molecule has 0 spiro atoms. The van der Waals surface area contributed by atoms with Crippen LogP contribution in [0.3, 0.4) is 0 Å². The number of imidazole rings is 1. The van der Waals surface area contributed by atoms with Gasteiger partial charge in [-0.3, -0.25) is 0 Å². The Morgan fingerprint density at radius 1 is 0.974 bits per heavy atom. The monoisotopic (exact) mass is 539 g/mol. The molecule has 0 unspecified atom stereocenters. The number of thiazole rings is 1. The molecule has 1 fully saturated rings. The Morgan fingerprint density at radius 2 is 1.77 bits per heavy atom. The van der Waals surface area contributed by atoms with Gasteiger partial charge in [-0.15, -0.1) is 11.3 Å². The van der Waals surface area contributed by atoms with Crippen LogP contribution in [0.15, 0.2) is 72.1 Å². The second-order valence-corrected chi connectivity index (χ2v) is 10.9. The average Bonchev–Trinajstić information content (AvgIpc) is 3.56. The summed E-state index contributed by atoms with van der Waals surface area (Å²) in [6, 6.07) is 21.1. The summed E-state index contributed by atoms with van der Waals surface area (Å²) in [7, 11) is 0. The molecule has 1 N–H and O–H groups in total. The Morgan fingerprint density at radius 3 is 2.51 bits per heavy atom. The maximum atomic E-state index is 11.6. The third-order valence-electron chi connectivity index (χ3n) is 7.08. The molecule has 6 rings (SSSR count). The number of hydrogen-bond donors (Lipinski definition) is 1. The van der Waals surface area contributed by atoms with E-state index in [0.29, 0.717) is 29.7 Å². The molecule has 39 heavy (non-hydrogen) atoms. The van der Waals surface area contributed by atoms with E-state index >= 15 is 0 Å². The number of aromatic nitrogens is 3. The van der Waals surface area contributed by atoms with Gasteiger partial charge in [0.05, 0.1) is 27.3 Å². The van der Waals surface area contributed by atoms with Crippen LogP contribution < -0.4 is 9.47 Å². The van der Waals surface area contributed by atoms with Crippen LogP contribution in [0.1, 0.15) is 59.2 Å². The molecule has 5 aromatic rings. The van der Waals surface area contributed by atoms with E-state index in [9.17, 15) is 9.90 Å². The van der Waals surface area contributed by atoms with Crippen LogP contribution in [0, 0.1) is 6.92 Å². The number of carboxylic acid groups (broad SMARTS) is 1. The molecule has 0 amide bonds. The minimum absolute atomic E-state index is 0.249. The highest BCUT2D eigenvalue weighted by Crippen LogP contribution is 2.37. The van der Waals surface area contributed by atoms with Crippen LogP contribution in [0.25, 0.3) is 22.4 Å². The van der Waals surface area contributed by atoms with E-state index in [4.69, 9.17) is 14.5 Å². The first kappa shape index (κ1) is 25.1. The van der Waals surface area contributed by atoms with Crippen LogP contribution in [-0.2, 0) is 6.61 Å². The second-order valence-electron chi connectivity index (χ2n) is 9.85. The first-order valence-corrected chi connectivity index (χ1v) is 14.1. The maximum absolute atomic E-state index is 11.6. The predicted molar refractivity (Wildman–Crippen MR) is 152 cm³/mol. The number of hydrogen-bond acceptors (Lipinski definition) is 6. The Bertz CT molecular complexity index is 1620. The van der Waals surface area contributed by atoms with Gasteiger partial charge in [-0.05, 0) is 74.4 Å². The summed E-state index contributed by atoms with van der Waals surface area (Å²) >= 11 is 1.61. The lowest BCUT2D eigenvalue weighted by molar-refractivity contribution is 0.0697. The van der Waals surface area contributed by atoms with Gasteiger partial charge in [0.2, 0.25) is 0 Å². The summed E-state index contributed by atoms with van der Waals surface area (Å²) in [6.45, 7) is 2.40. The van der Waals surface area contributed by atoms with Gasteiger partial charge in [-0.25, -0.2) is 14.8 Å². The van der Waals surface area contributed by atoms with Crippen LogP contribution in [0.5, 0.6) is 17.2 Å². The zero-order chi connectivity index (χ0) is 26.8. The number of fused-ring (bicyclic) bond motifs is 1. The molecule has 1 aliphatic rings. The third kappa shape index (κ3) is 5.52. The Hall–Kier alpha value is -4.17. The highest BCUT2D eigenvalue weighted by atomic mass is 32.1. The number of ether oxygens (including phenoxy) is 2. The second kappa shape index (κ2) is 10.9. The van der Waals surface area contributed by atoms with Crippen molar-refractivity contribution in [2.45, 2.75) is 51.7 Å². The first-order chi connectivity index (χ1) is 19.0. The standard InChI is InChI=1S/C31H29N3O4S/c1-20-32-23(19-39-20)18-37-26-8-5-9-27(17-26)38-25-13-10-21(11-14-25)30-33-28-16-22(31(35)36)12-15-29(28)34(30)24-6-3-2-4-7-24/h5,8-17,19,24H,2-4,6-7,18H2,1H3,(H,35,36). The molecule has 2 heterocycles. The Labute approximate surface area is 230 Å². The van der Waals surface area contributed by atoms with Crippen LogP contribution in [0.2, 0.25) is 0 Å². The number of aryl methyl sites for hydroxylation is 1. The van der Waals surface area contributed by atoms with Gasteiger partial charge < -0.3 is 19.1 Å². The van der Waals surface area contributed by atoms with E-state index in [-0.39, 0.29) is 5.56 Å². The average molecular weight is 540 g/mol. The van der Waals surface area contributed by atoms with Crippen molar-refractivity contribution in [1.82, 2.24) is 14.5 Å². The maximum Gasteiger partial charge on any atom is 0.335 e. The fraction of sp³-hybridized carbons (Fsp3) is 0.258. The summed E-state index contributed by atoms with van der Waals surface area (Å²) in [6.07, 6.45) is 5.83. The molecule has 2 aromatic heterocycles. The normalized spacial score (nSPS) is 14.0. The lowest BCUT2D eigenvalue weighted by Gasteiger charge is -2.25. The molecule has 0 atom stereocenters. The van der Waals surface area contributed by atoms with E-state index in [2.05, 4.69) is 9.55 Å². The lowest BCUT2D eigenvalue weighted by Crippen LogP contribution is -2.14. The lowest BCUT2D eigenvalue weighted by atomic mass is 9.95. The van der Waals surface area contributed by atoms with Crippen molar-refractivity contribution in [2.75, 3.05) is 0 Å². The van der Waals surface area contributed by atoms with Gasteiger partial charge in [0.15, 0.2) is 0 Å². The zero-order valence-corrected chi connectivity index (χ0v) is 22.5. The predicted octanol–water partition coefficient (Wildman–Crippen LogP) is 8.04. The van der Waals surface area contributed by atoms with Crippen molar-refractivity contribution < 1.29 is 19.4 Å². The van der Waals surface area contributed by atoms with Crippen molar-refractivity contribution in [1.29, 1.82) is 0 Å². The van der Waals surface area contributed by atoms with Crippen LogP contribution >= 0.6 is 11.3 Å². The molecule has 0 radical (unpaired) electrons. The summed E-state index contributed by atoms with van der Waals surface area (Å²) in [4.78, 5) is 20.9. The molecular formula is C31H29N3O4S. The third-order valence-corrected chi connectivity index (χ3v) is 7.91. The van der Waals surface area contributed by atoms with Crippen molar-refractivity contribution in [3.63, 3.8) is 0 Å². The van der Waals surface area contributed by atoms with E-state index in [1.807, 2.05) is 66.9 Å². The van der Waals surface area contributed by atoms with E-state index < -0.39 is 5.97 Å². The number of benzene rings is 3. The number of nitrogens with zero attached hydrogens (tertiary/aromatic N) is 3. The minimum Gasteiger partial charge on any atom is -0.487 e. The summed E-state index contributed by atoms with van der Waals surface area (Å²) < 4.78 is 14.3. The molecule has 0 saturated heterocycles. The fourth-order valence-electron chi connectivity index (χ4n) is 5.21. The molecule has 0 aliphatic heterocycles. The SMILES string of the molecule is Cc1nc(COc2cccc(Oc3ccc(-c4nc5cc(C(=O)O)ccc5n4C4CCCCC4)cc3)c2)cs1. The Kier molecular flexibility index (Phi) is 7.02. The smallest absolute Gasteiger partial charge is 0.335 e. The molecule has 1 aliphatic carbocycles. The molecule has 8 heteroatoms. The highest BCUT2D eigenvalue weighted by molar-refractivity contribution is 7.09. The van der Waals surface area contributed by atoms with Gasteiger partial charge in [0.1, 0.15) is 29.7 Å². The highest BCUT2D eigenvalue weighted by Gasteiger charge is 2.23. The summed E-state index contributed by atoms with van der Waals surface area (Å²) in [5.74, 6) is 2.03. The zero-order valence-electron chi connectivity index (χ0n) is 21.7. The number of aromatic carboxylic acids is 1. The summed E-state index contributed by atoms with van der Waals surface area (Å²) in [5, 5.41) is 12.5. The molecule has 0 bridgehead atoms. The van der Waals surface area contributed by atoms with E-state index in [0.717, 1.165) is 46.2 Å². The Balaban J connectivity index is 1.24. The van der Waals surface area contributed by atoms with Crippen molar-refractivity contribution >= 4 is 28.3 Å². The van der Waals surface area contributed by atoms with E-state index in [1.54, 1.807) is 23.5 Å². The quantitative estimate of drug-likeness (QED) is 0.215. The van der Waals surface area contributed by atoms with Gasteiger partial charge in [0.25, 0.3) is 0 Å². The van der Waals surface area contributed by atoms with Crippen molar-refractivity contribution in [3.8, 4) is 28.6 Å². The van der Waals surface area contributed by atoms with Crippen LogP contribution in [-0.4, -0.2) is 25.6 Å². The van der Waals surface area contributed by atoms with Gasteiger partial charge >= 0.3 is 5.97 Å². The minimum atomic E-state index is -0.945. The largest absolute Gasteiger partial charge is 0.487 e. The van der Waals surface area contributed by atoms with Gasteiger partial charge in [-0.2, -0.15) is 0 Å². The molecule has 198 valence electrons. The molecular weight excluding hydrogens is 510 g/mol. The number of carboxylic acids is 1. The molecule has 3 aromatic carbocycles. The fourth-order valence-corrected chi connectivity index (χ4v) is 5.81.